The SMILES string of the molecule is CCOC(=O)c1c(C)nc(-c2ccccc2)c(-c2ccccc2)c1-c1cccc(OCC)c1. The van der Waals surface area contributed by atoms with Crippen molar-refractivity contribution in [2.75, 3.05) is 13.2 Å². The van der Waals surface area contributed by atoms with Crippen LogP contribution in [0.1, 0.15) is 29.9 Å². The highest BCUT2D eigenvalue weighted by Gasteiger charge is 2.26. The summed E-state index contributed by atoms with van der Waals surface area (Å²) >= 11 is 0. The van der Waals surface area contributed by atoms with Gasteiger partial charge in [-0.2, -0.15) is 0 Å². The number of rotatable bonds is 7. The van der Waals surface area contributed by atoms with Crippen LogP contribution in [0.15, 0.2) is 84.9 Å². The van der Waals surface area contributed by atoms with Gasteiger partial charge in [0.1, 0.15) is 5.75 Å². The molecular weight excluding hydrogens is 410 g/mol. The third-order valence-corrected chi connectivity index (χ3v) is 5.40. The van der Waals surface area contributed by atoms with Gasteiger partial charge in [-0.3, -0.25) is 4.98 Å². The van der Waals surface area contributed by atoms with Gasteiger partial charge in [0.15, 0.2) is 0 Å². The number of aromatic nitrogens is 1. The van der Waals surface area contributed by atoms with E-state index in [0.717, 1.165) is 39.3 Å². The summed E-state index contributed by atoms with van der Waals surface area (Å²) in [5, 5.41) is 0. The number of nitrogens with zero attached hydrogens (tertiary/aromatic N) is 1. The summed E-state index contributed by atoms with van der Waals surface area (Å²) in [5.74, 6) is 0.371. The van der Waals surface area contributed by atoms with E-state index in [-0.39, 0.29) is 12.6 Å². The van der Waals surface area contributed by atoms with Gasteiger partial charge in [0.25, 0.3) is 0 Å². The summed E-state index contributed by atoms with van der Waals surface area (Å²) < 4.78 is 11.2. The van der Waals surface area contributed by atoms with E-state index < -0.39 is 0 Å². The van der Waals surface area contributed by atoms with Crippen molar-refractivity contribution in [1.82, 2.24) is 4.98 Å². The van der Waals surface area contributed by atoms with Crippen molar-refractivity contribution >= 4 is 5.97 Å². The van der Waals surface area contributed by atoms with Crippen molar-refractivity contribution < 1.29 is 14.3 Å². The van der Waals surface area contributed by atoms with Gasteiger partial charge < -0.3 is 9.47 Å². The zero-order valence-electron chi connectivity index (χ0n) is 19.2. The molecule has 0 amide bonds. The molecule has 0 aliphatic rings. The van der Waals surface area contributed by atoms with Crippen molar-refractivity contribution in [3.8, 4) is 39.3 Å². The summed E-state index contributed by atoms with van der Waals surface area (Å²) in [6.07, 6.45) is 0. The molecule has 1 aromatic heterocycles. The predicted octanol–water partition coefficient (Wildman–Crippen LogP) is 6.97. The molecule has 0 saturated heterocycles. The van der Waals surface area contributed by atoms with E-state index in [2.05, 4.69) is 0 Å². The molecule has 33 heavy (non-hydrogen) atoms. The zero-order valence-corrected chi connectivity index (χ0v) is 19.2. The second-order valence-electron chi connectivity index (χ2n) is 7.58. The van der Waals surface area contributed by atoms with Crippen molar-refractivity contribution in [2.24, 2.45) is 0 Å². The fraction of sp³-hybridized carbons (Fsp3) is 0.172. The lowest BCUT2D eigenvalue weighted by molar-refractivity contribution is 0.0526. The highest BCUT2D eigenvalue weighted by Crippen LogP contribution is 2.43. The molecule has 4 aromatic rings. The Morgan fingerprint density at radius 1 is 0.758 bits per heavy atom. The Morgan fingerprint density at radius 2 is 1.39 bits per heavy atom. The molecule has 0 radical (unpaired) electrons. The Bertz CT molecular complexity index is 1250. The minimum Gasteiger partial charge on any atom is -0.494 e. The molecule has 0 bridgehead atoms. The van der Waals surface area contributed by atoms with Gasteiger partial charge >= 0.3 is 5.97 Å². The van der Waals surface area contributed by atoms with Crippen LogP contribution in [0.3, 0.4) is 0 Å². The molecule has 0 N–H and O–H groups in total. The number of pyridine rings is 1. The molecule has 0 atom stereocenters. The number of ether oxygens (including phenoxy) is 2. The molecule has 0 aliphatic heterocycles. The molecule has 0 saturated carbocycles. The third kappa shape index (κ3) is 4.65. The fourth-order valence-electron chi connectivity index (χ4n) is 4.04. The first kappa shape index (κ1) is 22.3. The van der Waals surface area contributed by atoms with E-state index >= 15 is 0 Å². The normalized spacial score (nSPS) is 10.6. The van der Waals surface area contributed by atoms with Crippen molar-refractivity contribution in [3.05, 3.63) is 96.2 Å². The molecule has 4 rings (SSSR count). The minimum absolute atomic E-state index is 0.289. The van der Waals surface area contributed by atoms with E-state index in [4.69, 9.17) is 14.5 Å². The Balaban J connectivity index is 2.13. The first-order valence-corrected chi connectivity index (χ1v) is 11.2. The van der Waals surface area contributed by atoms with Crippen LogP contribution in [0.2, 0.25) is 0 Å². The maximum Gasteiger partial charge on any atom is 0.340 e. The second kappa shape index (κ2) is 10.1. The Morgan fingerprint density at radius 3 is 2.03 bits per heavy atom. The Kier molecular flexibility index (Phi) is 6.84. The number of hydrogen-bond donors (Lipinski definition) is 0. The number of hydrogen-bond acceptors (Lipinski definition) is 4. The quantitative estimate of drug-likeness (QED) is 0.293. The highest BCUT2D eigenvalue weighted by atomic mass is 16.5. The molecule has 0 aliphatic carbocycles. The summed E-state index contributed by atoms with van der Waals surface area (Å²) in [4.78, 5) is 18.1. The first-order chi connectivity index (χ1) is 16.1. The van der Waals surface area contributed by atoms with Crippen LogP contribution in [0.4, 0.5) is 0 Å². The highest BCUT2D eigenvalue weighted by molar-refractivity contribution is 6.06. The van der Waals surface area contributed by atoms with E-state index in [0.29, 0.717) is 17.9 Å². The first-order valence-electron chi connectivity index (χ1n) is 11.2. The van der Waals surface area contributed by atoms with Crippen molar-refractivity contribution in [3.63, 3.8) is 0 Å². The lowest BCUT2D eigenvalue weighted by atomic mass is 9.87. The molecule has 0 spiro atoms. The summed E-state index contributed by atoms with van der Waals surface area (Å²) in [6, 6.07) is 28.0. The third-order valence-electron chi connectivity index (χ3n) is 5.40. The second-order valence-corrected chi connectivity index (χ2v) is 7.58. The van der Waals surface area contributed by atoms with Crippen LogP contribution < -0.4 is 4.74 Å². The van der Waals surface area contributed by atoms with Gasteiger partial charge in [0.2, 0.25) is 0 Å². The zero-order chi connectivity index (χ0) is 23.2. The maximum absolute atomic E-state index is 13.2. The average Bonchev–Trinajstić information content (AvgIpc) is 2.85. The molecule has 4 nitrogen and oxygen atoms in total. The van der Waals surface area contributed by atoms with Gasteiger partial charge in [-0.15, -0.1) is 0 Å². The number of carbonyl (C=O) groups is 1. The molecule has 1 heterocycles. The number of aryl methyl sites for hydroxylation is 1. The van der Waals surface area contributed by atoms with E-state index in [1.54, 1.807) is 0 Å². The average molecular weight is 438 g/mol. The largest absolute Gasteiger partial charge is 0.494 e. The van der Waals surface area contributed by atoms with Gasteiger partial charge in [-0.25, -0.2) is 4.79 Å². The van der Waals surface area contributed by atoms with E-state index in [1.165, 1.54) is 0 Å². The number of carbonyl (C=O) groups excluding carboxylic acids is 1. The van der Waals surface area contributed by atoms with Crippen LogP contribution in [0.5, 0.6) is 5.75 Å². The summed E-state index contributed by atoms with van der Waals surface area (Å²) in [5.41, 5.74) is 6.46. The maximum atomic E-state index is 13.2. The minimum atomic E-state index is -0.379. The Labute approximate surface area is 194 Å². The van der Waals surface area contributed by atoms with Crippen LogP contribution in [-0.2, 0) is 4.74 Å². The number of esters is 1. The fourth-order valence-corrected chi connectivity index (χ4v) is 4.04. The molecule has 3 aromatic carbocycles. The van der Waals surface area contributed by atoms with Gasteiger partial charge in [0, 0.05) is 16.7 Å². The molecular formula is C29H27NO3. The van der Waals surface area contributed by atoms with Crippen molar-refractivity contribution in [1.29, 1.82) is 0 Å². The lowest BCUT2D eigenvalue weighted by Gasteiger charge is -2.21. The van der Waals surface area contributed by atoms with Crippen molar-refractivity contribution in [2.45, 2.75) is 20.8 Å². The molecule has 4 heteroatoms. The lowest BCUT2D eigenvalue weighted by Crippen LogP contribution is -2.12. The van der Waals surface area contributed by atoms with E-state index in [1.807, 2.05) is 106 Å². The molecule has 0 unspecified atom stereocenters. The number of benzene rings is 3. The van der Waals surface area contributed by atoms with Crippen LogP contribution in [-0.4, -0.2) is 24.2 Å². The summed E-state index contributed by atoms with van der Waals surface area (Å²) in [7, 11) is 0. The predicted molar refractivity (Wildman–Crippen MR) is 132 cm³/mol. The molecule has 0 fully saturated rings. The van der Waals surface area contributed by atoms with Gasteiger partial charge in [-0.05, 0) is 44.0 Å². The summed E-state index contributed by atoms with van der Waals surface area (Å²) in [6.45, 7) is 6.48. The van der Waals surface area contributed by atoms with Gasteiger partial charge in [-0.1, -0.05) is 72.8 Å². The standard InChI is InChI=1S/C29H27NO3/c1-4-32-24-18-12-17-23(19-24)26-25(29(31)33-5-2)20(3)30-28(22-15-10-7-11-16-22)27(26)21-13-8-6-9-14-21/h6-19H,4-5H2,1-3H3. The van der Waals surface area contributed by atoms with E-state index in [9.17, 15) is 4.79 Å². The van der Waals surface area contributed by atoms with Crippen LogP contribution in [0, 0.1) is 6.92 Å². The smallest absolute Gasteiger partial charge is 0.340 e. The van der Waals surface area contributed by atoms with Gasteiger partial charge in [0.05, 0.1) is 30.2 Å². The molecule has 166 valence electrons. The monoisotopic (exact) mass is 437 g/mol. The van der Waals surface area contributed by atoms with Crippen LogP contribution >= 0.6 is 0 Å². The Hall–Kier alpha value is -3.92. The topological polar surface area (TPSA) is 48.4 Å². The van der Waals surface area contributed by atoms with Crippen LogP contribution in [0.25, 0.3) is 33.5 Å².